The maximum absolute atomic E-state index is 13.9. The van der Waals surface area contributed by atoms with Crippen molar-refractivity contribution in [2.24, 2.45) is 38.3 Å². The van der Waals surface area contributed by atoms with E-state index in [2.05, 4.69) is 10.2 Å². The molecule has 8 rings (SSSR count). The molecule has 0 aromatic heterocycles. The van der Waals surface area contributed by atoms with Crippen LogP contribution in [0.5, 0.6) is 0 Å². The third kappa shape index (κ3) is 2.62. The zero-order valence-electron chi connectivity index (χ0n) is 24.0. The lowest BCUT2D eigenvalue weighted by molar-refractivity contribution is -0.240. The summed E-state index contributed by atoms with van der Waals surface area (Å²) in [6, 6.07) is 5.25. The van der Waals surface area contributed by atoms with Gasteiger partial charge in [0, 0.05) is 5.56 Å². The van der Waals surface area contributed by atoms with Crippen LogP contribution in [-0.4, -0.2) is 76.2 Å². The molecule has 0 radical (unpaired) electrons. The molecular formula is C29H29F3N2O10. The van der Waals surface area contributed by atoms with E-state index < -0.39 is 99.7 Å². The summed E-state index contributed by atoms with van der Waals surface area (Å²) in [6.45, 7) is 6.83. The smallest absolute Gasteiger partial charge is 0.442 e. The van der Waals surface area contributed by atoms with Crippen LogP contribution in [0.25, 0.3) is 0 Å². The molecule has 0 amide bonds. The van der Waals surface area contributed by atoms with Gasteiger partial charge in [-0.25, -0.2) is 9.59 Å². The highest BCUT2D eigenvalue weighted by atomic mass is 19.4. The molecule has 236 valence electrons. The van der Waals surface area contributed by atoms with E-state index in [9.17, 15) is 37.8 Å². The molecule has 7 aliphatic rings. The first-order valence-corrected chi connectivity index (χ1v) is 14.4. The summed E-state index contributed by atoms with van der Waals surface area (Å²) in [5.74, 6) is -4.50. The predicted octanol–water partition coefficient (Wildman–Crippen LogP) is 2.04. The van der Waals surface area contributed by atoms with Crippen molar-refractivity contribution in [3.63, 3.8) is 0 Å². The highest BCUT2D eigenvalue weighted by Gasteiger charge is 3.04. The average Bonchev–Trinajstić information content (AvgIpc) is 3.33. The van der Waals surface area contributed by atoms with Crippen molar-refractivity contribution < 1.29 is 61.5 Å². The van der Waals surface area contributed by atoms with Crippen molar-refractivity contribution in [2.45, 2.75) is 94.5 Å². The second-order valence-electron chi connectivity index (χ2n) is 14.0. The molecule has 44 heavy (non-hydrogen) atoms. The van der Waals surface area contributed by atoms with Gasteiger partial charge in [0.05, 0.1) is 23.4 Å². The molecule has 1 aromatic rings. The molecule has 1 aromatic carbocycles. The Hall–Kier alpha value is -3.14. The first-order chi connectivity index (χ1) is 20.5. The number of aliphatic hydroxyl groups is 2. The van der Waals surface area contributed by atoms with Crippen molar-refractivity contribution in [1.29, 1.82) is 0 Å². The number of hydrogen-bond acceptors (Lipinski definition) is 12. The third-order valence-electron chi connectivity index (χ3n) is 11.4. The monoisotopic (exact) mass is 622 g/mol. The van der Waals surface area contributed by atoms with Gasteiger partial charge in [-0.2, -0.15) is 13.2 Å². The van der Waals surface area contributed by atoms with Gasteiger partial charge in [-0.3, -0.25) is 4.79 Å². The second kappa shape index (κ2) is 7.80. The Morgan fingerprint density at radius 3 is 2.27 bits per heavy atom. The van der Waals surface area contributed by atoms with Gasteiger partial charge in [-0.05, 0) is 30.2 Å². The molecule has 11 atom stereocenters. The Morgan fingerprint density at radius 2 is 1.68 bits per heavy atom. The van der Waals surface area contributed by atoms with Gasteiger partial charge in [-0.15, -0.1) is 10.2 Å². The lowest BCUT2D eigenvalue weighted by Gasteiger charge is -2.48. The van der Waals surface area contributed by atoms with Gasteiger partial charge in [0.15, 0.2) is 17.8 Å². The molecular weight excluding hydrogens is 593 g/mol. The quantitative estimate of drug-likeness (QED) is 0.375. The molecule has 5 heterocycles. The lowest BCUT2D eigenvalue weighted by atomic mass is 9.51. The topological polar surface area (TPSA) is 163 Å². The Bertz CT molecular complexity index is 1550. The van der Waals surface area contributed by atoms with Gasteiger partial charge in [0.1, 0.15) is 12.2 Å². The minimum atomic E-state index is -4.70. The molecule has 5 aliphatic heterocycles. The Labute approximate surface area is 247 Å². The van der Waals surface area contributed by atoms with Crippen molar-refractivity contribution in [3.05, 3.63) is 35.4 Å². The number of aliphatic hydroxyl groups excluding tert-OH is 1. The minimum Gasteiger partial charge on any atom is -0.459 e. The van der Waals surface area contributed by atoms with Crippen LogP contribution >= 0.6 is 0 Å². The van der Waals surface area contributed by atoms with Gasteiger partial charge in [0.2, 0.25) is 11.9 Å². The number of nitrogens with zero attached hydrogens (tertiary/aromatic N) is 2. The van der Waals surface area contributed by atoms with E-state index in [1.165, 1.54) is 31.2 Å². The minimum absolute atomic E-state index is 0.163. The number of carbonyl (C=O) groups is 3. The molecule has 2 N–H and O–H groups in total. The summed E-state index contributed by atoms with van der Waals surface area (Å²) >= 11 is 0. The SMILES string of the molecule is C[C@@H]1C(=O)O[C@H]2[C@H](O)[C@]34[C@H]5C[C@@H](C(C)(C)C)[C@@]36[C@@H](OC(=O)[C@@H]6OCc3ccc(C6(C(F)(F)F)N=N6)cc3)O[C@]4(C(=O)O5)[C@@]12O. The molecule has 0 unspecified atom stereocenters. The standard InChI is InChI=1S/C29H29F3N2O10/c1-11-19(36)42-17-16(35)25-15-9-14(23(2,3)4)24(25)18(20(37)43-22(24)44-27(25,21(38)41-15)26(11,17)39)40-10-12-5-7-13(8-6-12)28(33-34-28)29(30,31)32/h5-8,11,14-18,22,35,39H,9-10H2,1-4H3/t11-,14+,15-,16+,17+,18+,22+,24-,25-,26-,27+/m1/s1. The van der Waals surface area contributed by atoms with Crippen LogP contribution in [0.2, 0.25) is 0 Å². The molecule has 0 bridgehead atoms. The van der Waals surface area contributed by atoms with Gasteiger partial charge in [-0.1, -0.05) is 45.0 Å². The summed E-state index contributed by atoms with van der Waals surface area (Å²) in [5.41, 5.74) is -11.1. The van der Waals surface area contributed by atoms with Crippen molar-refractivity contribution in [2.75, 3.05) is 0 Å². The maximum atomic E-state index is 13.9. The Kier molecular flexibility index (Phi) is 5.02. The number of halogens is 3. The molecule has 12 nitrogen and oxygen atoms in total. The van der Waals surface area contributed by atoms with Crippen LogP contribution in [0.1, 0.15) is 45.2 Å². The Balaban J connectivity index is 1.23. The van der Waals surface area contributed by atoms with E-state index in [0.29, 0.717) is 5.56 Å². The van der Waals surface area contributed by atoms with E-state index in [1.807, 2.05) is 20.8 Å². The first-order valence-electron chi connectivity index (χ1n) is 14.4. The van der Waals surface area contributed by atoms with Gasteiger partial charge >= 0.3 is 29.7 Å². The third-order valence-corrected chi connectivity index (χ3v) is 11.4. The number of hydrogen-bond donors (Lipinski definition) is 2. The molecule has 2 saturated carbocycles. The number of benzene rings is 1. The maximum Gasteiger partial charge on any atom is 0.442 e. The average molecular weight is 623 g/mol. The number of alkyl halides is 3. The van der Waals surface area contributed by atoms with E-state index in [1.54, 1.807) is 0 Å². The number of rotatable bonds is 4. The lowest BCUT2D eigenvalue weighted by Crippen LogP contribution is -2.67. The van der Waals surface area contributed by atoms with Crippen LogP contribution in [-0.2, 0) is 50.3 Å². The second-order valence-corrected chi connectivity index (χ2v) is 14.0. The van der Waals surface area contributed by atoms with Crippen LogP contribution in [0.3, 0.4) is 0 Å². The number of ether oxygens (including phenoxy) is 5. The normalized spacial score (nSPS) is 47.2. The zero-order chi connectivity index (χ0) is 31.6. The van der Waals surface area contributed by atoms with Crippen LogP contribution < -0.4 is 0 Å². The summed E-state index contributed by atoms with van der Waals surface area (Å²) in [4.78, 5) is 40.2. The largest absolute Gasteiger partial charge is 0.459 e. The number of esters is 3. The summed E-state index contributed by atoms with van der Waals surface area (Å²) in [6.07, 6.45) is -11.8. The van der Waals surface area contributed by atoms with Crippen molar-refractivity contribution in [3.8, 4) is 0 Å². The van der Waals surface area contributed by atoms with Gasteiger partial charge in [0.25, 0.3) is 0 Å². The summed E-state index contributed by atoms with van der Waals surface area (Å²) < 4.78 is 70.2. The van der Waals surface area contributed by atoms with Crippen molar-refractivity contribution >= 4 is 17.9 Å². The van der Waals surface area contributed by atoms with Crippen LogP contribution in [0, 0.1) is 28.1 Å². The fraction of sp³-hybridized carbons (Fsp3) is 0.690. The van der Waals surface area contributed by atoms with E-state index >= 15 is 0 Å². The molecule has 4 saturated heterocycles. The zero-order valence-corrected chi connectivity index (χ0v) is 24.0. The molecule has 2 spiro atoms. The van der Waals surface area contributed by atoms with Crippen LogP contribution in [0.15, 0.2) is 34.5 Å². The summed E-state index contributed by atoms with van der Waals surface area (Å²) in [7, 11) is 0. The highest BCUT2D eigenvalue weighted by Crippen LogP contribution is 2.84. The van der Waals surface area contributed by atoms with Gasteiger partial charge < -0.3 is 33.9 Å². The number of fused-ring (bicyclic) bond motifs is 1. The van der Waals surface area contributed by atoms with E-state index in [4.69, 9.17) is 23.7 Å². The fourth-order valence-corrected chi connectivity index (χ4v) is 9.75. The Morgan fingerprint density at radius 1 is 1.02 bits per heavy atom. The molecule has 2 aliphatic carbocycles. The summed E-state index contributed by atoms with van der Waals surface area (Å²) in [5, 5.41) is 30.8. The first kappa shape index (κ1) is 28.3. The van der Waals surface area contributed by atoms with Crippen LogP contribution in [0.4, 0.5) is 13.2 Å². The molecule has 15 heteroatoms. The van der Waals surface area contributed by atoms with Crippen molar-refractivity contribution in [1.82, 2.24) is 0 Å². The fourth-order valence-electron chi connectivity index (χ4n) is 9.75. The molecule has 6 fully saturated rings. The highest BCUT2D eigenvalue weighted by molar-refractivity contribution is 5.94. The number of carbonyl (C=O) groups excluding carboxylic acids is 3. The predicted molar refractivity (Wildman–Crippen MR) is 134 cm³/mol. The van der Waals surface area contributed by atoms with E-state index in [-0.39, 0.29) is 18.6 Å². The van der Waals surface area contributed by atoms with E-state index in [0.717, 1.165) is 0 Å².